The highest BCUT2D eigenvalue weighted by Gasteiger charge is 2.36. The third-order valence-electron chi connectivity index (χ3n) is 4.53. The summed E-state index contributed by atoms with van der Waals surface area (Å²) in [5, 5.41) is 9.83. The third kappa shape index (κ3) is 4.17. The Bertz CT molecular complexity index is 497. The van der Waals surface area contributed by atoms with Gasteiger partial charge in [0.05, 0.1) is 19.1 Å². The molecule has 0 N–H and O–H groups in total. The standard InChI is InChI=1S/C18H25NOS/c1-18(2,3)14-6-5-13(12-19)17(11-14)21-16-9-7-15(20-4)8-10-16/h7-10,13-14,17H,5-6,11H2,1-4H3. The summed E-state index contributed by atoms with van der Waals surface area (Å²) in [6, 6.07) is 10.7. The minimum Gasteiger partial charge on any atom is -0.497 e. The summed E-state index contributed by atoms with van der Waals surface area (Å²) < 4.78 is 5.20. The molecule has 1 aromatic rings. The fraction of sp³-hybridized carbons (Fsp3) is 0.611. The highest BCUT2D eigenvalue weighted by molar-refractivity contribution is 8.00. The van der Waals surface area contributed by atoms with Gasteiger partial charge in [0.2, 0.25) is 0 Å². The molecule has 2 nitrogen and oxygen atoms in total. The van der Waals surface area contributed by atoms with Crippen molar-refractivity contribution >= 4 is 11.8 Å². The zero-order valence-electron chi connectivity index (χ0n) is 13.4. The molecule has 0 bridgehead atoms. The Morgan fingerprint density at radius 3 is 2.38 bits per heavy atom. The monoisotopic (exact) mass is 303 g/mol. The Balaban J connectivity index is 2.08. The van der Waals surface area contributed by atoms with Crippen LogP contribution in [0.15, 0.2) is 29.2 Å². The van der Waals surface area contributed by atoms with Crippen LogP contribution in [0.4, 0.5) is 0 Å². The highest BCUT2D eigenvalue weighted by atomic mass is 32.2. The lowest BCUT2D eigenvalue weighted by atomic mass is 9.70. The topological polar surface area (TPSA) is 33.0 Å². The normalized spacial score (nSPS) is 26.1. The maximum atomic E-state index is 9.43. The molecule has 1 saturated carbocycles. The second kappa shape index (κ2) is 6.75. The number of rotatable bonds is 3. The Hall–Kier alpha value is -1.14. The van der Waals surface area contributed by atoms with Gasteiger partial charge in [-0.25, -0.2) is 0 Å². The average Bonchev–Trinajstić information content (AvgIpc) is 2.47. The molecule has 1 aliphatic carbocycles. The van der Waals surface area contributed by atoms with Crippen LogP contribution in [0.5, 0.6) is 5.75 Å². The highest BCUT2D eigenvalue weighted by Crippen LogP contribution is 2.45. The van der Waals surface area contributed by atoms with Gasteiger partial charge in [0.25, 0.3) is 0 Å². The second-order valence-corrected chi connectivity index (χ2v) is 8.26. The van der Waals surface area contributed by atoms with Gasteiger partial charge >= 0.3 is 0 Å². The van der Waals surface area contributed by atoms with Crippen molar-refractivity contribution in [2.24, 2.45) is 17.3 Å². The van der Waals surface area contributed by atoms with Crippen molar-refractivity contribution in [1.29, 1.82) is 5.26 Å². The maximum absolute atomic E-state index is 9.43. The number of methoxy groups -OCH3 is 1. The Labute approximate surface area is 132 Å². The number of ether oxygens (including phenoxy) is 1. The first kappa shape index (κ1) is 16.2. The number of thioether (sulfide) groups is 1. The molecule has 1 aliphatic rings. The van der Waals surface area contributed by atoms with Crippen LogP contribution in [0.3, 0.4) is 0 Å². The zero-order chi connectivity index (χ0) is 15.5. The lowest BCUT2D eigenvalue weighted by molar-refractivity contribution is 0.169. The molecule has 0 amide bonds. The van der Waals surface area contributed by atoms with Gasteiger partial charge in [-0.15, -0.1) is 11.8 Å². The first-order valence-electron chi connectivity index (χ1n) is 7.64. The molecule has 1 aromatic carbocycles. The first-order chi connectivity index (χ1) is 9.94. The number of hydrogen-bond acceptors (Lipinski definition) is 3. The number of benzene rings is 1. The van der Waals surface area contributed by atoms with Crippen LogP contribution in [-0.2, 0) is 0 Å². The molecule has 0 radical (unpaired) electrons. The van der Waals surface area contributed by atoms with Gasteiger partial charge in [-0.05, 0) is 54.9 Å². The van der Waals surface area contributed by atoms with E-state index in [0.717, 1.165) is 18.6 Å². The predicted molar refractivity (Wildman–Crippen MR) is 88.5 cm³/mol. The summed E-state index contributed by atoms with van der Waals surface area (Å²) in [5.74, 6) is 1.76. The average molecular weight is 303 g/mol. The van der Waals surface area contributed by atoms with Crippen LogP contribution < -0.4 is 4.74 Å². The van der Waals surface area contributed by atoms with E-state index in [1.54, 1.807) is 7.11 Å². The van der Waals surface area contributed by atoms with E-state index in [1.165, 1.54) is 11.3 Å². The number of nitrogens with zero attached hydrogens (tertiary/aromatic N) is 1. The maximum Gasteiger partial charge on any atom is 0.118 e. The Morgan fingerprint density at radius 2 is 1.86 bits per heavy atom. The predicted octanol–water partition coefficient (Wildman–Crippen LogP) is 5.14. The third-order valence-corrected chi connectivity index (χ3v) is 5.90. The minimum atomic E-state index is 0.177. The lowest BCUT2D eigenvalue weighted by Crippen LogP contribution is -2.32. The van der Waals surface area contributed by atoms with E-state index in [2.05, 4.69) is 39.0 Å². The molecular weight excluding hydrogens is 278 g/mol. The van der Waals surface area contributed by atoms with Gasteiger partial charge < -0.3 is 4.74 Å². The lowest BCUT2D eigenvalue weighted by Gasteiger charge is -2.39. The van der Waals surface area contributed by atoms with E-state index in [4.69, 9.17) is 4.74 Å². The summed E-state index contributed by atoms with van der Waals surface area (Å²) in [5.41, 5.74) is 0.332. The SMILES string of the molecule is COc1ccc(SC2CC(C(C)(C)C)CCC2C#N)cc1. The molecule has 2 rings (SSSR count). The van der Waals surface area contributed by atoms with Crippen molar-refractivity contribution in [1.82, 2.24) is 0 Å². The van der Waals surface area contributed by atoms with E-state index in [-0.39, 0.29) is 5.92 Å². The fourth-order valence-electron chi connectivity index (χ4n) is 3.02. The minimum absolute atomic E-state index is 0.177. The fourth-order valence-corrected chi connectivity index (χ4v) is 4.36. The van der Waals surface area contributed by atoms with E-state index in [9.17, 15) is 5.26 Å². The van der Waals surface area contributed by atoms with Crippen molar-refractivity contribution in [3.05, 3.63) is 24.3 Å². The molecule has 1 fully saturated rings. The molecule has 3 atom stereocenters. The van der Waals surface area contributed by atoms with Crippen LogP contribution in [0.25, 0.3) is 0 Å². The Kier molecular flexibility index (Phi) is 5.22. The molecule has 3 unspecified atom stereocenters. The van der Waals surface area contributed by atoms with Gasteiger partial charge in [0.15, 0.2) is 0 Å². The van der Waals surface area contributed by atoms with Crippen LogP contribution >= 0.6 is 11.8 Å². The van der Waals surface area contributed by atoms with E-state index >= 15 is 0 Å². The molecule has 114 valence electrons. The summed E-state index contributed by atoms with van der Waals surface area (Å²) >= 11 is 1.86. The molecule has 21 heavy (non-hydrogen) atoms. The second-order valence-electron chi connectivity index (χ2n) is 6.94. The van der Waals surface area contributed by atoms with Crippen LogP contribution in [0.2, 0.25) is 0 Å². The van der Waals surface area contributed by atoms with Crippen molar-refractivity contribution in [3.8, 4) is 11.8 Å². The first-order valence-corrected chi connectivity index (χ1v) is 8.52. The summed E-state index contributed by atoms with van der Waals surface area (Å²) in [6.45, 7) is 6.96. The van der Waals surface area contributed by atoms with Crippen molar-refractivity contribution in [3.63, 3.8) is 0 Å². The molecule has 0 spiro atoms. The van der Waals surface area contributed by atoms with E-state index in [0.29, 0.717) is 16.6 Å². The van der Waals surface area contributed by atoms with Crippen LogP contribution in [0, 0.1) is 28.6 Å². The largest absolute Gasteiger partial charge is 0.497 e. The molecular formula is C18H25NOS. The van der Waals surface area contributed by atoms with Gasteiger partial charge in [0.1, 0.15) is 5.75 Å². The van der Waals surface area contributed by atoms with Gasteiger partial charge in [-0.2, -0.15) is 5.26 Å². The molecule has 0 heterocycles. The van der Waals surface area contributed by atoms with Gasteiger partial charge in [-0.3, -0.25) is 0 Å². The molecule has 0 aromatic heterocycles. The number of hydrogen-bond donors (Lipinski definition) is 0. The number of nitriles is 1. The summed E-state index contributed by atoms with van der Waals surface area (Å²) in [4.78, 5) is 1.23. The quantitative estimate of drug-likeness (QED) is 0.775. The molecule has 0 aliphatic heterocycles. The van der Waals surface area contributed by atoms with Gasteiger partial charge in [0, 0.05) is 10.1 Å². The van der Waals surface area contributed by atoms with Gasteiger partial charge in [-0.1, -0.05) is 20.8 Å². The molecule has 3 heteroatoms. The van der Waals surface area contributed by atoms with Crippen LogP contribution in [-0.4, -0.2) is 12.4 Å². The van der Waals surface area contributed by atoms with E-state index in [1.807, 2.05) is 23.9 Å². The van der Waals surface area contributed by atoms with E-state index < -0.39 is 0 Å². The Morgan fingerprint density at radius 1 is 1.19 bits per heavy atom. The van der Waals surface area contributed by atoms with Crippen molar-refractivity contribution in [2.75, 3.05) is 7.11 Å². The van der Waals surface area contributed by atoms with Crippen molar-refractivity contribution in [2.45, 2.75) is 50.2 Å². The smallest absolute Gasteiger partial charge is 0.118 e. The van der Waals surface area contributed by atoms with Crippen LogP contribution in [0.1, 0.15) is 40.0 Å². The van der Waals surface area contributed by atoms with Crippen molar-refractivity contribution < 1.29 is 4.74 Å². The zero-order valence-corrected chi connectivity index (χ0v) is 14.2. The summed E-state index contributed by atoms with van der Waals surface area (Å²) in [6.07, 6.45) is 3.35. The molecule has 0 saturated heterocycles. The summed E-state index contributed by atoms with van der Waals surface area (Å²) in [7, 11) is 1.68.